The summed E-state index contributed by atoms with van der Waals surface area (Å²) < 4.78 is 12.1. The summed E-state index contributed by atoms with van der Waals surface area (Å²) in [4.78, 5) is 4.50. The Balaban J connectivity index is 1.83. The molecule has 0 bridgehead atoms. The van der Waals surface area contributed by atoms with Crippen molar-refractivity contribution in [2.75, 3.05) is 13.2 Å². The lowest BCUT2D eigenvalue weighted by molar-refractivity contribution is -0.288. The molecule has 0 aliphatic carbocycles. The van der Waals surface area contributed by atoms with Crippen molar-refractivity contribution in [3.63, 3.8) is 0 Å². The molecule has 0 aromatic carbocycles. The fourth-order valence-electron chi connectivity index (χ4n) is 3.16. The minimum absolute atomic E-state index is 0.204. The van der Waals surface area contributed by atoms with E-state index in [4.69, 9.17) is 9.47 Å². The smallest absolute Gasteiger partial charge is 0.171 e. The molecule has 3 rings (SSSR count). The number of rotatable bonds is 2. The van der Waals surface area contributed by atoms with Gasteiger partial charge in [0.2, 0.25) is 0 Å². The van der Waals surface area contributed by atoms with Crippen LogP contribution in [0.1, 0.15) is 44.8 Å². The van der Waals surface area contributed by atoms with Gasteiger partial charge in [0.25, 0.3) is 0 Å². The van der Waals surface area contributed by atoms with Gasteiger partial charge in [-0.25, -0.2) is 0 Å². The minimum atomic E-state index is -0.416. The van der Waals surface area contributed by atoms with E-state index >= 15 is 0 Å². The Morgan fingerprint density at radius 2 is 2.05 bits per heavy atom. The maximum Gasteiger partial charge on any atom is 0.171 e. The Kier molecular flexibility index (Phi) is 4.06. The lowest BCUT2D eigenvalue weighted by atomic mass is 9.85. The lowest BCUT2D eigenvalue weighted by Crippen LogP contribution is -2.55. The van der Waals surface area contributed by atoms with Gasteiger partial charge in [0.1, 0.15) is 0 Å². The average molecular weight is 276 g/mol. The molecule has 2 atom stereocenters. The van der Waals surface area contributed by atoms with Crippen LogP contribution in [-0.2, 0) is 9.47 Å². The molecule has 20 heavy (non-hydrogen) atoms. The highest BCUT2D eigenvalue weighted by molar-refractivity contribution is 5.12. The van der Waals surface area contributed by atoms with Crippen molar-refractivity contribution in [2.45, 2.75) is 51.0 Å². The average Bonchev–Trinajstić information content (AvgIpc) is 2.48. The van der Waals surface area contributed by atoms with Gasteiger partial charge >= 0.3 is 0 Å². The molecule has 4 heteroatoms. The van der Waals surface area contributed by atoms with Gasteiger partial charge in [-0.2, -0.15) is 0 Å². The molecule has 2 aliphatic rings. The van der Waals surface area contributed by atoms with Crippen LogP contribution in [0.5, 0.6) is 0 Å². The Morgan fingerprint density at radius 3 is 2.70 bits per heavy atom. The number of piperidine rings is 1. The molecular weight excluding hydrogens is 252 g/mol. The quantitative estimate of drug-likeness (QED) is 0.902. The number of nitrogens with zero attached hydrogens (tertiary/aromatic N) is 1. The number of aromatic nitrogens is 1. The minimum Gasteiger partial charge on any atom is -0.350 e. The van der Waals surface area contributed by atoms with E-state index in [0.717, 1.165) is 38.2 Å². The molecule has 2 aliphatic heterocycles. The summed E-state index contributed by atoms with van der Waals surface area (Å²) in [5, 5.41) is 3.72. The van der Waals surface area contributed by atoms with Crippen molar-refractivity contribution >= 4 is 0 Å². The van der Waals surface area contributed by atoms with E-state index in [1.165, 1.54) is 0 Å². The van der Waals surface area contributed by atoms with Crippen LogP contribution in [0.15, 0.2) is 24.4 Å². The van der Waals surface area contributed by atoms with Crippen LogP contribution in [0.2, 0.25) is 0 Å². The summed E-state index contributed by atoms with van der Waals surface area (Å²) in [5.74, 6) is 0.133. The largest absolute Gasteiger partial charge is 0.350 e. The van der Waals surface area contributed by atoms with Crippen LogP contribution in [0.25, 0.3) is 0 Å². The zero-order valence-electron chi connectivity index (χ0n) is 12.3. The normalized spacial score (nSPS) is 29.8. The van der Waals surface area contributed by atoms with Crippen molar-refractivity contribution in [3.05, 3.63) is 30.1 Å². The van der Waals surface area contributed by atoms with Crippen molar-refractivity contribution in [2.24, 2.45) is 5.92 Å². The number of nitrogens with one attached hydrogen (secondary N) is 1. The molecule has 1 N–H and O–H groups in total. The second-order valence-electron chi connectivity index (χ2n) is 6.19. The van der Waals surface area contributed by atoms with Crippen LogP contribution in [0.3, 0.4) is 0 Å². The maximum atomic E-state index is 6.05. The second kappa shape index (κ2) is 5.80. The number of ether oxygens (including phenoxy) is 2. The van der Waals surface area contributed by atoms with Crippen molar-refractivity contribution < 1.29 is 9.47 Å². The highest BCUT2D eigenvalue weighted by Gasteiger charge is 2.45. The van der Waals surface area contributed by atoms with Gasteiger partial charge in [0, 0.05) is 25.1 Å². The summed E-state index contributed by atoms with van der Waals surface area (Å²) in [6, 6.07) is 6.68. The molecular formula is C16H24N2O2. The topological polar surface area (TPSA) is 43.4 Å². The molecule has 1 aromatic rings. The van der Waals surface area contributed by atoms with Crippen LogP contribution in [-0.4, -0.2) is 30.0 Å². The third-order valence-corrected chi connectivity index (χ3v) is 4.33. The van der Waals surface area contributed by atoms with Crippen molar-refractivity contribution in [1.29, 1.82) is 0 Å². The van der Waals surface area contributed by atoms with E-state index < -0.39 is 5.79 Å². The van der Waals surface area contributed by atoms with Crippen molar-refractivity contribution in [1.82, 2.24) is 10.3 Å². The first-order valence-electron chi connectivity index (χ1n) is 7.63. The summed E-state index contributed by atoms with van der Waals surface area (Å²) in [7, 11) is 0. The molecule has 110 valence electrons. The van der Waals surface area contributed by atoms with E-state index in [1.807, 2.05) is 18.3 Å². The molecule has 0 amide bonds. The van der Waals surface area contributed by atoms with Gasteiger partial charge in [-0.1, -0.05) is 19.9 Å². The first kappa shape index (κ1) is 14.0. The molecule has 0 radical (unpaired) electrons. The van der Waals surface area contributed by atoms with Gasteiger partial charge in [-0.05, 0) is 24.5 Å². The van der Waals surface area contributed by atoms with Crippen LogP contribution in [0, 0.1) is 5.92 Å². The van der Waals surface area contributed by atoms with E-state index in [2.05, 4.69) is 30.2 Å². The van der Waals surface area contributed by atoms with E-state index in [9.17, 15) is 0 Å². The maximum absolute atomic E-state index is 6.05. The molecule has 0 saturated carbocycles. The Morgan fingerprint density at radius 1 is 1.25 bits per heavy atom. The SMILES string of the molecule is CC(C)[C@H]1CC2(C[C@@H](c3ccccn3)N1)OCCCO2. The van der Waals surface area contributed by atoms with Crippen LogP contribution < -0.4 is 5.32 Å². The molecule has 3 heterocycles. The van der Waals surface area contributed by atoms with Crippen LogP contribution >= 0.6 is 0 Å². The Hall–Kier alpha value is -0.970. The van der Waals surface area contributed by atoms with E-state index in [1.54, 1.807) is 0 Å². The molecule has 2 fully saturated rings. The fraction of sp³-hybridized carbons (Fsp3) is 0.688. The summed E-state index contributed by atoms with van der Waals surface area (Å²) in [6.07, 6.45) is 4.61. The fourth-order valence-corrected chi connectivity index (χ4v) is 3.16. The Labute approximate surface area is 120 Å². The first-order valence-corrected chi connectivity index (χ1v) is 7.63. The summed E-state index contributed by atoms with van der Waals surface area (Å²) in [6.45, 7) is 6.10. The molecule has 2 saturated heterocycles. The third-order valence-electron chi connectivity index (χ3n) is 4.33. The lowest BCUT2D eigenvalue weighted by Gasteiger charge is -2.47. The highest BCUT2D eigenvalue weighted by Crippen LogP contribution is 2.39. The third kappa shape index (κ3) is 2.87. The standard InChI is InChI=1S/C16H24N2O2/c1-12(2)14-10-16(19-8-5-9-20-16)11-15(18-14)13-6-3-4-7-17-13/h3-4,6-7,12,14-15,18H,5,8-11H2,1-2H3/t14-,15+/m1/s1. The summed E-state index contributed by atoms with van der Waals surface area (Å²) >= 11 is 0. The number of hydrogen-bond acceptors (Lipinski definition) is 4. The summed E-state index contributed by atoms with van der Waals surface area (Å²) in [5.41, 5.74) is 1.08. The number of pyridine rings is 1. The first-order chi connectivity index (χ1) is 9.69. The number of hydrogen-bond donors (Lipinski definition) is 1. The zero-order valence-corrected chi connectivity index (χ0v) is 12.3. The van der Waals surface area contributed by atoms with E-state index in [0.29, 0.717) is 12.0 Å². The molecule has 0 unspecified atom stereocenters. The predicted octanol–water partition coefficient (Wildman–Crippen LogP) is 2.66. The van der Waals surface area contributed by atoms with Gasteiger partial charge in [0.05, 0.1) is 24.9 Å². The Bertz CT molecular complexity index is 429. The molecule has 1 aromatic heterocycles. The molecule has 4 nitrogen and oxygen atoms in total. The van der Waals surface area contributed by atoms with Gasteiger partial charge in [-0.3, -0.25) is 4.98 Å². The van der Waals surface area contributed by atoms with E-state index in [-0.39, 0.29) is 6.04 Å². The monoisotopic (exact) mass is 276 g/mol. The van der Waals surface area contributed by atoms with Gasteiger partial charge in [-0.15, -0.1) is 0 Å². The van der Waals surface area contributed by atoms with Gasteiger partial charge < -0.3 is 14.8 Å². The highest BCUT2D eigenvalue weighted by atomic mass is 16.7. The molecule has 1 spiro atoms. The van der Waals surface area contributed by atoms with Crippen molar-refractivity contribution in [3.8, 4) is 0 Å². The van der Waals surface area contributed by atoms with Crippen LogP contribution in [0.4, 0.5) is 0 Å². The second-order valence-corrected chi connectivity index (χ2v) is 6.19. The zero-order chi connectivity index (χ0) is 14.0. The van der Waals surface area contributed by atoms with Gasteiger partial charge in [0.15, 0.2) is 5.79 Å². The predicted molar refractivity (Wildman–Crippen MR) is 77.2 cm³/mol.